The van der Waals surface area contributed by atoms with E-state index in [9.17, 15) is 0 Å². The minimum absolute atomic E-state index is 1.14. The molecule has 2 heteroatoms. The van der Waals surface area contributed by atoms with Crippen LogP contribution in [0.15, 0.2) is 152 Å². The first kappa shape index (κ1) is 23.0. The van der Waals surface area contributed by atoms with Crippen molar-refractivity contribution in [1.82, 2.24) is 0 Å². The zero-order valence-corrected chi connectivity index (χ0v) is 22.6. The Kier molecular flexibility index (Phi) is 5.39. The Morgan fingerprint density at radius 3 is 1.93 bits per heavy atom. The van der Waals surface area contributed by atoms with Gasteiger partial charge < -0.3 is 4.90 Å². The van der Waals surface area contributed by atoms with Crippen molar-refractivity contribution in [3.63, 3.8) is 0 Å². The number of thiophene rings is 1. The SMILES string of the molecule is c1ccc(N(c2ccc(-c3ccc4ccccc4c3)cc2)c2ccc3c(ccc4sc5ccccc5c43)c2)cc1. The maximum atomic E-state index is 2.35. The first-order chi connectivity index (χ1) is 19.8. The van der Waals surface area contributed by atoms with E-state index in [0.29, 0.717) is 0 Å². The number of hydrogen-bond acceptors (Lipinski definition) is 2. The number of benzene rings is 7. The monoisotopic (exact) mass is 527 g/mol. The summed E-state index contributed by atoms with van der Waals surface area (Å²) < 4.78 is 2.68. The van der Waals surface area contributed by atoms with E-state index in [1.807, 2.05) is 11.3 Å². The van der Waals surface area contributed by atoms with Crippen LogP contribution in [0.2, 0.25) is 0 Å². The van der Waals surface area contributed by atoms with E-state index in [4.69, 9.17) is 0 Å². The lowest BCUT2D eigenvalue weighted by atomic mass is 10.0. The number of fused-ring (bicyclic) bond motifs is 6. The Labute approximate surface area is 237 Å². The summed E-state index contributed by atoms with van der Waals surface area (Å²) in [7, 11) is 0. The second-order valence-electron chi connectivity index (χ2n) is 10.2. The van der Waals surface area contributed by atoms with Crippen LogP contribution in [-0.4, -0.2) is 0 Å². The Hall–Kier alpha value is -4.92. The molecular weight excluding hydrogens is 502 g/mol. The fourth-order valence-corrected chi connectivity index (χ4v) is 7.00. The molecule has 0 aliphatic rings. The molecular formula is C38H25NS. The van der Waals surface area contributed by atoms with Gasteiger partial charge in [-0.1, -0.05) is 97.1 Å². The second kappa shape index (κ2) is 9.37. The Morgan fingerprint density at radius 1 is 0.375 bits per heavy atom. The van der Waals surface area contributed by atoms with Crippen molar-refractivity contribution in [2.75, 3.05) is 4.90 Å². The van der Waals surface area contributed by atoms with Crippen molar-refractivity contribution in [2.45, 2.75) is 0 Å². The lowest BCUT2D eigenvalue weighted by Crippen LogP contribution is -2.09. The predicted octanol–water partition coefficient (Wildman–Crippen LogP) is 11.5. The first-order valence-electron chi connectivity index (χ1n) is 13.6. The number of nitrogens with zero attached hydrogens (tertiary/aromatic N) is 1. The van der Waals surface area contributed by atoms with Crippen LogP contribution in [0.4, 0.5) is 17.1 Å². The molecule has 0 saturated heterocycles. The van der Waals surface area contributed by atoms with Crippen molar-refractivity contribution < 1.29 is 0 Å². The molecule has 8 aromatic rings. The maximum absolute atomic E-state index is 2.35. The third kappa shape index (κ3) is 3.85. The number of rotatable bonds is 4. The van der Waals surface area contributed by atoms with Gasteiger partial charge in [-0.3, -0.25) is 0 Å². The Bertz CT molecular complexity index is 2160. The molecule has 7 aromatic carbocycles. The molecule has 1 aromatic heterocycles. The van der Waals surface area contributed by atoms with Gasteiger partial charge in [0.25, 0.3) is 0 Å². The topological polar surface area (TPSA) is 3.24 Å². The van der Waals surface area contributed by atoms with Crippen LogP contribution < -0.4 is 4.90 Å². The Morgan fingerprint density at radius 2 is 1.05 bits per heavy atom. The molecule has 8 rings (SSSR count). The average Bonchev–Trinajstić information content (AvgIpc) is 3.41. The molecule has 40 heavy (non-hydrogen) atoms. The van der Waals surface area contributed by atoms with Gasteiger partial charge in [-0.25, -0.2) is 0 Å². The van der Waals surface area contributed by atoms with E-state index in [1.54, 1.807) is 0 Å². The molecule has 0 atom stereocenters. The van der Waals surface area contributed by atoms with Gasteiger partial charge in [-0.2, -0.15) is 0 Å². The van der Waals surface area contributed by atoms with E-state index in [2.05, 4.69) is 157 Å². The van der Waals surface area contributed by atoms with Crippen molar-refractivity contribution in [1.29, 1.82) is 0 Å². The summed E-state index contributed by atoms with van der Waals surface area (Å²) in [5.74, 6) is 0. The van der Waals surface area contributed by atoms with Gasteiger partial charge in [-0.05, 0) is 87.3 Å². The van der Waals surface area contributed by atoms with E-state index in [1.165, 1.54) is 52.8 Å². The molecule has 0 amide bonds. The van der Waals surface area contributed by atoms with Crippen LogP contribution in [0, 0.1) is 0 Å². The average molecular weight is 528 g/mol. The highest BCUT2D eigenvalue weighted by molar-refractivity contribution is 7.26. The molecule has 0 unspecified atom stereocenters. The van der Waals surface area contributed by atoms with E-state index < -0.39 is 0 Å². The molecule has 1 nitrogen and oxygen atoms in total. The highest BCUT2D eigenvalue weighted by Gasteiger charge is 2.15. The molecule has 188 valence electrons. The zero-order chi connectivity index (χ0) is 26.5. The minimum Gasteiger partial charge on any atom is -0.310 e. The number of para-hydroxylation sites is 1. The van der Waals surface area contributed by atoms with Gasteiger partial charge >= 0.3 is 0 Å². The smallest absolute Gasteiger partial charge is 0.0468 e. The van der Waals surface area contributed by atoms with E-state index >= 15 is 0 Å². The van der Waals surface area contributed by atoms with Crippen molar-refractivity contribution in [3.8, 4) is 11.1 Å². The molecule has 0 N–H and O–H groups in total. The lowest BCUT2D eigenvalue weighted by molar-refractivity contribution is 1.29. The second-order valence-corrected chi connectivity index (χ2v) is 11.3. The molecule has 0 aliphatic heterocycles. The summed E-state index contributed by atoms with van der Waals surface area (Å²) in [5.41, 5.74) is 5.87. The minimum atomic E-state index is 1.14. The van der Waals surface area contributed by atoms with Crippen LogP contribution in [0.1, 0.15) is 0 Å². The zero-order valence-electron chi connectivity index (χ0n) is 21.8. The van der Waals surface area contributed by atoms with Gasteiger partial charge in [0, 0.05) is 37.2 Å². The van der Waals surface area contributed by atoms with Crippen molar-refractivity contribution in [2.24, 2.45) is 0 Å². The summed E-state index contributed by atoms with van der Waals surface area (Å²) >= 11 is 1.87. The van der Waals surface area contributed by atoms with Gasteiger partial charge in [0.15, 0.2) is 0 Å². The quantitative estimate of drug-likeness (QED) is 0.220. The van der Waals surface area contributed by atoms with Gasteiger partial charge in [-0.15, -0.1) is 11.3 Å². The van der Waals surface area contributed by atoms with Crippen LogP contribution in [0.3, 0.4) is 0 Å². The van der Waals surface area contributed by atoms with Gasteiger partial charge in [0.05, 0.1) is 0 Å². The fraction of sp³-hybridized carbons (Fsp3) is 0. The molecule has 0 fully saturated rings. The molecule has 1 heterocycles. The third-order valence-electron chi connectivity index (χ3n) is 7.82. The molecule has 0 radical (unpaired) electrons. The predicted molar refractivity (Wildman–Crippen MR) is 174 cm³/mol. The highest BCUT2D eigenvalue weighted by atomic mass is 32.1. The standard InChI is InChI=1S/C38H25NS/c1-2-10-31(11-3-1)39(32-19-16-27(17-20-32)29-15-14-26-8-4-5-9-28(26)24-29)33-21-22-34-30(25-33)18-23-37-38(34)35-12-6-7-13-36(35)40-37/h1-25H. The van der Waals surface area contributed by atoms with E-state index in [-0.39, 0.29) is 0 Å². The van der Waals surface area contributed by atoms with E-state index in [0.717, 1.165) is 17.1 Å². The summed E-state index contributed by atoms with van der Waals surface area (Å²) in [6.45, 7) is 0. The normalized spacial score (nSPS) is 11.5. The summed E-state index contributed by atoms with van der Waals surface area (Å²) in [4.78, 5) is 2.35. The van der Waals surface area contributed by atoms with Crippen LogP contribution in [0.5, 0.6) is 0 Å². The molecule has 0 aliphatic carbocycles. The molecule has 0 saturated carbocycles. The van der Waals surface area contributed by atoms with Crippen LogP contribution in [-0.2, 0) is 0 Å². The Balaban J connectivity index is 1.24. The summed E-state index contributed by atoms with van der Waals surface area (Å²) in [6.07, 6.45) is 0. The lowest BCUT2D eigenvalue weighted by Gasteiger charge is -2.26. The first-order valence-corrected chi connectivity index (χ1v) is 14.4. The summed E-state index contributed by atoms with van der Waals surface area (Å²) in [5, 5.41) is 7.78. The third-order valence-corrected chi connectivity index (χ3v) is 8.96. The largest absolute Gasteiger partial charge is 0.310 e. The highest BCUT2D eigenvalue weighted by Crippen LogP contribution is 2.41. The van der Waals surface area contributed by atoms with Gasteiger partial charge in [0.2, 0.25) is 0 Å². The van der Waals surface area contributed by atoms with Crippen LogP contribution in [0.25, 0.3) is 52.8 Å². The number of hydrogen-bond donors (Lipinski definition) is 0. The van der Waals surface area contributed by atoms with Crippen LogP contribution >= 0.6 is 11.3 Å². The molecule has 0 spiro atoms. The fourth-order valence-electron chi connectivity index (χ4n) is 5.88. The van der Waals surface area contributed by atoms with Gasteiger partial charge in [0.1, 0.15) is 0 Å². The maximum Gasteiger partial charge on any atom is 0.0468 e. The summed E-state index contributed by atoms with van der Waals surface area (Å²) in [6, 6.07) is 55.0. The number of anilines is 3. The van der Waals surface area contributed by atoms with Crippen molar-refractivity contribution in [3.05, 3.63) is 152 Å². The van der Waals surface area contributed by atoms with Crippen molar-refractivity contribution >= 4 is 70.1 Å². The molecule has 0 bridgehead atoms.